The summed E-state index contributed by atoms with van der Waals surface area (Å²) in [4.78, 5) is 17.4. The van der Waals surface area contributed by atoms with Gasteiger partial charge in [0.15, 0.2) is 5.96 Å². The molecule has 212 valence electrons. The van der Waals surface area contributed by atoms with Crippen molar-refractivity contribution in [2.75, 3.05) is 13.6 Å². The van der Waals surface area contributed by atoms with Crippen molar-refractivity contribution < 1.29 is 36.2 Å². The highest BCUT2D eigenvalue weighted by Crippen LogP contribution is 2.32. The molecule has 0 bridgehead atoms. The minimum atomic E-state index is -4.66. The molecule has 9 nitrogen and oxygen atoms in total. The Labute approximate surface area is 211 Å². The maximum atomic E-state index is 14.0. The van der Waals surface area contributed by atoms with Crippen molar-refractivity contribution in [2.24, 2.45) is 16.8 Å². The fourth-order valence-electron chi connectivity index (χ4n) is 5.64. The van der Waals surface area contributed by atoms with Crippen LogP contribution in [0.25, 0.3) is 0 Å². The summed E-state index contributed by atoms with van der Waals surface area (Å²) in [6, 6.07) is -2.82. The molecule has 2 aliphatic carbocycles. The van der Waals surface area contributed by atoms with Gasteiger partial charge in [-0.05, 0) is 38.0 Å². The average Bonchev–Trinajstić information content (AvgIpc) is 3.45. The number of aliphatic imine (C=N–C) groups is 1. The van der Waals surface area contributed by atoms with E-state index < -0.39 is 60.9 Å². The van der Waals surface area contributed by atoms with Gasteiger partial charge in [-0.15, -0.1) is 0 Å². The number of hydrogen-bond acceptors (Lipinski definition) is 7. The number of carbonyl (C=O) groups excluding carboxylic acids is 1. The number of aliphatic hydroxyl groups is 1. The zero-order chi connectivity index (χ0) is 26.9. The smallest absolute Gasteiger partial charge is 0.390 e. The number of hydrazine groups is 2. The summed E-state index contributed by atoms with van der Waals surface area (Å²) in [7, 11) is 1.40. The van der Waals surface area contributed by atoms with Crippen molar-refractivity contribution in [3.8, 4) is 0 Å². The minimum absolute atomic E-state index is 0.0310. The number of aliphatic hydroxyl groups excluding tert-OH is 1. The molecular weight excluding hydrogens is 508 g/mol. The van der Waals surface area contributed by atoms with Gasteiger partial charge in [-0.2, -0.15) is 13.2 Å². The van der Waals surface area contributed by atoms with E-state index in [0.717, 1.165) is 0 Å². The molecule has 2 saturated carbocycles. The van der Waals surface area contributed by atoms with Crippen molar-refractivity contribution in [1.29, 1.82) is 0 Å². The van der Waals surface area contributed by atoms with Crippen LogP contribution in [-0.4, -0.2) is 90.7 Å². The first-order valence-corrected chi connectivity index (χ1v) is 12.7. The Morgan fingerprint density at radius 2 is 1.76 bits per heavy atom. The summed E-state index contributed by atoms with van der Waals surface area (Å²) in [6.45, 7) is -0.188. The zero-order valence-electron chi connectivity index (χ0n) is 20.4. The second-order valence-corrected chi connectivity index (χ2v) is 10.6. The van der Waals surface area contributed by atoms with Gasteiger partial charge in [-0.1, -0.05) is 0 Å². The van der Waals surface area contributed by atoms with Gasteiger partial charge in [0.25, 0.3) is 0 Å². The van der Waals surface area contributed by atoms with Crippen molar-refractivity contribution >= 4 is 11.9 Å². The second-order valence-electron chi connectivity index (χ2n) is 10.6. The van der Waals surface area contributed by atoms with Gasteiger partial charge in [-0.3, -0.25) is 15.5 Å². The lowest BCUT2D eigenvalue weighted by Gasteiger charge is -2.32. The van der Waals surface area contributed by atoms with E-state index >= 15 is 0 Å². The number of rotatable bonds is 4. The van der Waals surface area contributed by atoms with Gasteiger partial charge < -0.3 is 10.4 Å². The van der Waals surface area contributed by atoms with E-state index in [-0.39, 0.29) is 50.1 Å². The van der Waals surface area contributed by atoms with E-state index in [1.165, 1.54) is 12.1 Å². The largest absolute Gasteiger partial charge is 0.405 e. The average molecular weight is 544 g/mol. The Balaban J connectivity index is 1.45. The number of carbonyl (C=O) groups is 1. The maximum absolute atomic E-state index is 14.0. The van der Waals surface area contributed by atoms with Gasteiger partial charge in [0.05, 0.1) is 12.0 Å². The summed E-state index contributed by atoms with van der Waals surface area (Å²) in [5.41, 5.74) is 8.24. The Morgan fingerprint density at radius 1 is 1.00 bits per heavy atom. The number of halogens is 6. The Morgan fingerprint density at radius 3 is 2.43 bits per heavy atom. The number of nitrogens with one attached hydrogen (secondary N) is 5. The molecule has 4 rings (SSSR count). The lowest BCUT2D eigenvalue weighted by atomic mass is 9.81. The predicted octanol–water partition coefficient (Wildman–Crippen LogP) is 0.966. The van der Waals surface area contributed by atoms with Crippen LogP contribution in [0.4, 0.5) is 26.3 Å². The topological polar surface area (TPSA) is 113 Å². The molecule has 6 N–H and O–H groups in total. The van der Waals surface area contributed by atoms with Gasteiger partial charge in [-0.25, -0.2) is 34.0 Å². The molecule has 4 fully saturated rings. The fourth-order valence-corrected chi connectivity index (χ4v) is 5.64. The number of guanidine groups is 1. The Hall–Kier alpha value is -1.68. The summed E-state index contributed by atoms with van der Waals surface area (Å²) >= 11 is 0. The molecule has 0 aromatic carbocycles. The van der Waals surface area contributed by atoms with Gasteiger partial charge >= 0.3 is 6.18 Å². The van der Waals surface area contributed by atoms with Gasteiger partial charge in [0.2, 0.25) is 5.91 Å². The summed E-state index contributed by atoms with van der Waals surface area (Å²) in [5, 5.41) is 16.2. The third-order valence-corrected chi connectivity index (χ3v) is 7.74. The van der Waals surface area contributed by atoms with E-state index in [2.05, 4.69) is 31.9 Å². The van der Waals surface area contributed by atoms with Crippen LogP contribution in [0.5, 0.6) is 0 Å². The van der Waals surface area contributed by atoms with E-state index in [1.54, 1.807) is 0 Å². The van der Waals surface area contributed by atoms with Crippen LogP contribution in [0.3, 0.4) is 0 Å². The Kier molecular flexibility index (Phi) is 8.88. The van der Waals surface area contributed by atoms with Crippen LogP contribution in [0.2, 0.25) is 0 Å². The molecule has 0 spiro atoms. The van der Waals surface area contributed by atoms with E-state index in [1.807, 2.05) is 0 Å². The molecule has 15 heteroatoms. The quantitative estimate of drug-likeness (QED) is 0.178. The highest BCUT2D eigenvalue weighted by Gasteiger charge is 2.52. The van der Waals surface area contributed by atoms with Crippen LogP contribution in [0.1, 0.15) is 44.9 Å². The van der Waals surface area contributed by atoms with E-state index in [4.69, 9.17) is 0 Å². The monoisotopic (exact) mass is 543 g/mol. The molecular formula is C22H35F6N7O2. The number of alkyl halides is 6. The second kappa shape index (κ2) is 11.6. The first-order valence-electron chi connectivity index (χ1n) is 12.7. The molecule has 0 aromatic rings. The van der Waals surface area contributed by atoms with Crippen molar-refractivity contribution in [3.63, 3.8) is 0 Å². The first-order chi connectivity index (χ1) is 17.4. The molecule has 10 atom stereocenters. The summed E-state index contributed by atoms with van der Waals surface area (Å²) in [5.74, 6) is -2.55. The maximum Gasteiger partial charge on any atom is 0.405 e. The van der Waals surface area contributed by atoms with Gasteiger partial charge in [0.1, 0.15) is 30.7 Å². The molecule has 0 radical (unpaired) electrons. The molecule has 1 amide bonds. The number of amides is 1. The molecule has 10 unspecified atom stereocenters. The standard InChI is InChI=1S/C22H35F6N7O2/c1-35-9-12(19(34-35)22(26,27)28)20(37)31-21(29-11-3-4-13(23)14(24)7-11)30-18-8-16(32-33-18)10-2-5-17(36)15(25)6-10/h10-19,32-34,36H,2-9H2,1H3,(H2,29,30,31,37). The highest BCUT2D eigenvalue weighted by molar-refractivity contribution is 5.98. The van der Waals surface area contributed by atoms with Crippen LogP contribution < -0.4 is 26.9 Å². The molecule has 0 aromatic heterocycles. The lowest BCUT2D eigenvalue weighted by Crippen LogP contribution is -2.54. The van der Waals surface area contributed by atoms with Crippen LogP contribution in [0.15, 0.2) is 4.99 Å². The highest BCUT2D eigenvalue weighted by atomic mass is 19.4. The predicted molar refractivity (Wildman–Crippen MR) is 122 cm³/mol. The van der Waals surface area contributed by atoms with Crippen LogP contribution in [-0.2, 0) is 4.79 Å². The molecule has 2 saturated heterocycles. The van der Waals surface area contributed by atoms with Crippen LogP contribution >= 0.6 is 0 Å². The third kappa shape index (κ3) is 7.05. The normalized spacial score (nSPS) is 42.1. The van der Waals surface area contributed by atoms with Crippen molar-refractivity contribution in [2.45, 2.75) is 100 Å². The zero-order valence-corrected chi connectivity index (χ0v) is 20.4. The molecule has 4 aliphatic rings. The third-order valence-electron chi connectivity index (χ3n) is 7.74. The first kappa shape index (κ1) is 28.3. The minimum Gasteiger partial charge on any atom is -0.390 e. The summed E-state index contributed by atoms with van der Waals surface area (Å²) in [6.07, 6.45) is -9.26. The van der Waals surface area contributed by atoms with Gasteiger partial charge in [0, 0.05) is 38.5 Å². The van der Waals surface area contributed by atoms with Crippen molar-refractivity contribution in [1.82, 2.24) is 31.9 Å². The lowest BCUT2D eigenvalue weighted by molar-refractivity contribution is -0.168. The van der Waals surface area contributed by atoms with Crippen molar-refractivity contribution in [3.05, 3.63) is 0 Å². The number of nitrogens with zero attached hydrogens (tertiary/aromatic N) is 2. The fraction of sp³-hybridized carbons (Fsp3) is 0.909. The number of hydrogen-bond donors (Lipinski definition) is 6. The molecule has 37 heavy (non-hydrogen) atoms. The van der Waals surface area contributed by atoms with Crippen LogP contribution in [0, 0.1) is 11.8 Å². The molecule has 2 heterocycles. The summed E-state index contributed by atoms with van der Waals surface area (Å²) < 4.78 is 82.0. The van der Waals surface area contributed by atoms with E-state index in [9.17, 15) is 36.2 Å². The SMILES string of the molecule is CN1CC(C(=O)N/C(=N\C2CC(C3CCC(O)C(F)C3)NN2)NC2CCC(F)C(F)C2)C(C(F)(F)F)N1. The molecule has 2 aliphatic heterocycles. The van der Waals surface area contributed by atoms with E-state index in [0.29, 0.717) is 19.3 Å². The Bertz CT molecular complexity index is 836.